The van der Waals surface area contributed by atoms with Gasteiger partial charge in [-0.3, -0.25) is 4.90 Å². The van der Waals surface area contributed by atoms with Crippen LogP contribution in [0.5, 0.6) is 0 Å². The minimum atomic E-state index is 0.402. The SMILES string of the molecule is CCC1CN(Cc2ccc(CNC3CC3)cc2Br)CCO1. The highest BCUT2D eigenvalue weighted by atomic mass is 79.9. The maximum Gasteiger partial charge on any atom is 0.0700 e. The topological polar surface area (TPSA) is 24.5 Å². The summed E-state index contributed by atoms with van der Waals surface area (Å²) in [5, 5.41) is 3.57. The summed E-state index contributed by atoms with van der Waals surface area (Å²) in [5.74, 6) is 0. The average Bonchev–Trinajstić information content (AvgIpc) is 3.32. The number of hydrogen-bond donors (Lipinski definition) is 1. The van der Waals surface area contributed by atoms with Crippen molar-refractivity contribution < 1.29 is 4.74 Å². The van der Waals surface area contributed by atoms with E-state index in [2.05, 4.69) is 51.3 Å². The van der Waals surface area contributed by atoms with Crippen LogP contribution >= 0.6 is 15.9 Å². The Balaban J connectivity index is 1.56. The Kier molecular flexibility index (Phi) is 5.33. The number of halogens is 1. The standard InChI is InChI=1S/C17H25BrN2O/c1-2-16-12-20(7-8-21-16)11-14-4-3-13(9-17(14)18)10-19-15-5-6-15/h3-4,9,15-16,19H,2,5-8,10-12H2,1H3. The quantitative estimate of drug-likeness (QED) is 0.849. The van der Waals surface area contributed by atoms with E-state index in [1.165, 1.54) is 28.4 Å². The van der Waals surface area contributed by atoms with Crippen LogP contribution in [0.3, 0.4) is 0 Å². The fourth-order valence-corrected chi connectivity index (χ4v) is 3.34. The Labute approximate surface area is 136 Å². The molecule has 0 radical (unpaired) electrons. The van der Waals surface area contributed by atoms with Crippen molar-refractivity contribution in [3.8, 4) is 0 Å². The van der Waals surface area contributed by atoms with E-state index >= 15 is 0 Å². The molecular weight excluding hydrogens is 328 g/mol. The van der Waals surface area contributed by atoms with Crippen LogP contribution in [0.25, 0.3) is 0 Å². The van der Waals surface area contributed by atoms with E-state index in [-0.39, 0.29) is 0 Å². The Morgan fingerprint density at radius 1 is 1.38 bits per heavy atom. The van der Waals surface area contributed by atoms with E-state index in [9.17, 15) is 0 Å². The van der Waals surface area contributed by atoms with E-state index in [1.807, 2.05) is 0 Å². The summed E-state index contributed by atoms with van der Waals surface area (Å²) in [6.45, 7) is 7.14. The molecule has 3 rings (SSSR count). The zero-order valence-electron chi connectivity index (χ0n) is 12.8. The van der Waals surface area contributed by atoms with Crippen LogP contribution in [0.1, 0.15) is 37.3 Å². The van der Waals surface area contributed by atoms with Gasteiger partial charge in [0.05, 0.1) is 12.7 Å². The van der Waals surface area contributed by atoms with Gasteiger partial charge in [-0.15, -0.1) is 0 Å². The summed E-state index contributed by atoms with van der Waals surface area (Å²) in [6, 6.07) is 7.56. The monoisotopic (exact) mass is 352 g/mol. The molecule has 3 nitrogen and oxygen atoms in total. The summed E-state index contributed by atoms with van der Waals surface area (Å²) >= 11 is 3.74. The van der Waals surface area contributed by atoms with Crippen molar-refractivity contribution >= 4 is 15.9 Å². The number of hydrogen-bond acceptors (Lipinski definition) is 3. The van der Waals surface area contributed by atoms with Crippen LogP contribution in [0.2, 0.25) is 0 Å². The molecule has 0 amide bonds. The van der Waals surface area contributed by atoms with Crippen molar-refractivity contribution in [1.29, 1.82) is 0 Å². The van der Waals surface area contributed by atoms with Gasteiger partial charge in [-0.05, 0) is 36.5 Å². The van der Waals surface area contributed by atoms with E-state index in [0.29, 0.717) is 6.10 Å². The van der Waals surface area contributed by atoms with Crippen LogP contribution in [-0.2, 0) is 17.8 Å². The van der Waals surface area contributed by atoms with Gasteiger partial charge in [0.2, 0.25) is 0 Å². The van der Waals surface area contributed by atoms with Gasteiger partial charge in [-0.2, -0.15) is 0 Å². The van der Waals surface area contributed by atoms with E-state index < -0.39 is 0 Å². The number of morpholine rings is 1. The van der Waals surface area contributed by atoms with Crippen LogP contribution in [-0.4, -0.2) is 36.7 Å². The zero-order chi connectivity index (χ0) is 14.7. The molecule has 2 fully saturated rings. The predicted octanol–water partition coefficient (Wildman–Crippen LogP) is 3.31. The molecule has 1 N–H and O–H groups in total. The first-order valence-corrected chi connectivity index (χ1v) is 8.88. The molecule has 2 aliphatic rings. The lowest BCUT2D eigenvalue weighted by Gasteiger charge is -2.32. The van der Waals surface area contributed by atoms with Gasteiger partial charge in [0.25, 0.3) is 0 Å². The van der Waals surface area contributed by atoms with Crippen molar-refractivity contribution in [2.45, 2.75) is 51.4 Å². The number of rotatable bonds is 6. The molecule has 116 valence electrons. The number of benzene rings is 1. The summed E-state index contributed by atoms with van der Waals surface area (Å²) in [4.78, 5) is 2.50. The molecule has 4 heteroatoms. The number of ether oxygens (including phenoxy) is 1. The summed E-state index contributed by atoms with van der Waals surface area (Å²) in [7, 11) is 0. The number of nitrogens with one attached hydrogen (secondary N) is 1. The van der Waals surface area contributed by atoms with Gasteiger partial charge in [0, 0.05) is 36.7 Å². The van der Waals surface area contributed by atoms with Crippen molar-refractivity contribution in [3.63, 3.8) is 0 Å². The van der Waals surface area contributed by atoms with Crippen molar-refractivity contribution in [3.05, 3.63) is 33.8 Å². The van der Waals surface area contributed by atoms with Gasteiger partial charge >= 0.3 is 0 Å². The summed E-state index contributed by atoms with van der Waals surface area (Å²) < 4.78 is 6.98. The highest BCUT2D eigenvalue weighted by molar-refractivity contribution is 9.10. The maximum atomic E-state index is 5.74. The van der Waals surface area contributed by atoms with Crippen LogP contribution in [0.4, 0.5) is 0 Å². The molecule has 0 aromatic heterocycles. The lowest BCUT2D eigenvalue weighted by atomic mass is 10.1. The number of nitrogens with zero attached hydrogens (tertiary/aromatic N) is 1. The molecule has 0 bridgehead atoms. The lowest BCUT2D eigenvalue weighted by molar-refractivity contribution is -0.0325. The highest BCUT2D eigenvalue weighted by Gasteiger charge is 2.21. The minimum absolute atomic E-state index is 0.402. The minimum Gasteiger partial charge on any atom is -0.376 e. The first-order chi connectivity index (χ1) is 10.2. The maximum absolute atomic E-state index is 5.74. The third-order valence-electron chi connectivity index (χ3n) is 4.36. The Hall–Kier alpha value is -0.420. The molecule has 0 spiro atoms. The summed E-state index contributed by atoms with van der Waals surface area (Å²) in [6.07, 6.45) is 4.19. The largest absolute Gasteiger partial charge is 0.376 e. The lowest BCUT2D eigenvalue weighted by Crippen LogP contribution is -2.41. The Morgan fingerprint density at radius 3 is 2.95 bits per heavy atom. The van der Waals surface area contributed by atoms with Crippen molar-refractivity contribution in [2.75, 3.05) is 19.7 Å². The molecule has 1 saturated carbocycles. The Morgan fingerprint density at radius 2 is 2.24 bits per heavy atom. The average molecular weight is 353 g/mol. The normalized spacial score (nSPS) is 23.4. The molecule has 1 heterocycles. The van der Waals surface area contributed by atoms with Crippen molar-refractivity contribution in [2.24, 2.45) is 0 Å². The molecule has 1 atom stereocenters. The molecule has 21 heavy (non-hydrogen) atoms. The Bertz CT molecular complexity index is 476. The fraction of sp³-hybridized carbons (Fsp3) is 0.647. The molecule has 1 aromatic carbocycles. The smallest absolute Gasteiger partial charge is 0.0700 e. The van der Waals surface area contributed by atoms with Gasteiger partial charge in [0.1, 0.15) is 0 Å². The van der Waals surface area contributed by atoms with Gasteiger partial charge < -0.3 is 10.1 Å². The van der Waals surface area contributed by atoms with Crippen LogP contribution in [0.15, 0.2) is 22.7 Å². The van der Waals surface area contributed by atoms with E-state index in [4.69, 9.17) is 4.74 Å². The van der Waals surface area contributed by atoms with Crippen molar-refractivity contribution in [1.82, 2.24) is 10.2 Å². The second kappa shape index (κ2) is 7.23. The summed E-state index contributed by atoms with van der Waals surface area (Å²) in [5.41, 5.74) is 2.74. The predicted molar refractivity (Wildman–Crippen MR) is 89.3 cm³/mol. The molecule has 1 aliphatic carbocycles. The van der Waals surface area contributed by atoms with Gasteiger partial charge in [-0.1, -0.05) is 35.0 Å². The third kappa shape index (κ3) is 4.52. The highest BCUT2D eigenvalue weighted by Crippen LogP contribution is 2.23. The van der Waals surface area contributed by atoms with E-state index in [0.717, 1.165) is 45.2 Å². The van der Waals surface area contributed by atoms with E-state index in [1.54, 1.807) is 0 Å². The molecule has 1 unspecified atom stereocenters. The molecule has 1 aromatic rings. The second-order valence-electron chi connectivity index (χ2n) is 6.22. The molecule has 1 saturated heterocycles. The van der Waals surface area contributed by atoms with Crippen LogP contribution in [0, 0.1) is 0 Å². The van der Waals surface area contributed by atoms with Crippen LogP contribution < -0.4 is 5.32 Å². The second-order valence-corrected chi connectivity index (χ2v) is 7.07. The van der Waals surface area contributed by atoms with Gasteiger partial charge in [0.15, 0.2) is 0 Å². The first kappa shape index (κ1) is 15.5. The zero-order valence-corrected chi connectivity index (χ0v) is 14.4. The van der Waals surface area contributed by atoms with Gasteiger partial charge in [-0.25, -0.2) is 0 Å². The fourth-order valence-electron chi connectivity index (χ4n) is 2.79. The molecular formula is C17H25BrN2O. The molecule has 1 aliphatic heterocycles. The third-order valence-corrected chi connectivity index (χ3v) is 5.10. The first-order valence-electron chi connectivity index (χ1n) is 8.09.